The van der Waals surface area contributed by atoms with Crippen molar-refractivity contribution in [3.63, 3.8) is 0 Å². The predicted molar refractivity (Wildman–Crippen MR) is 84.3 cm³/mol. The summed E-state index contributed by atoms with van der Waals surface area (Å²) in [7, 11) is 1.79. The van der Waals surface area contributed by atoms with Crippen LogP contribution in [0.25, 0.3) is 10.9 Å². The first kappa shape index (κ1) is 13.1. The van der Waals surface area contributed by atoms with Gasteiger partial charge in [0, 0.05) is 22.1 Å². The molecule has 0 spiro atoms. The van der Waals surface area contributed by atoms with Gasteiger partial charge < -0.3 is 10.1 Å². The van der Waals surface area contributed by atoms with Gasteiger partial charge in [-0.05, 0) is 60.1 Å². The smallest absolute Gasteiger partial charge is 0.137 e. The molecule has 1 aromatic carbocycles. The molecule has 5 heteroatoms. The minimum atomic E-state index is 0.380. The molecule has 4 nitrogen and oxygen atoms in total. The van der Waals surface area contributed by atoms with Crippen molar-refractivity contribution < 1.29 is 4.74 Å². The van der Waals surface area contributed by atoms with E-state index in [-0.39, 0.29) is 0 Å². The normalized spacial score (nSPS) is 22.8. The van der Waals surface area contributed by atoms with Gasteiger partial charge in [0.05, 0.1) is 11.6 Å². The Hall–Kier alpha value is -0.950. The minimum Gasteiger partial charge on any atom is -0.381 e. The van der Waals surface area contributed by atoms with Crippen LogP contribution in [0.5, 0.6) is 0 Å². The molecule has 2 aromatic rings. The largest absolute Gasteiger partial charge is 0.381 e. The Morgan fingerprint density at radius 3 is 3.00 bits per heavy atom. The molecule has 3 rings (SSSR count). The molecule has 1 aromatic heterocycles. The number of halogens is 1. The summed E-state index contributed by atoms with van der Waals surface area (Å²) in [5.74, 6) is 0.935. The van der Waals surface area contributed by atoms with Crippen LogP contribution in [0.4, 0.5) is 5.82 Å². The minimum absolute atomic E-state index is 0.380. The van der Waals surface area contributed by atoms with Crippen LogP contribution in [0.2, 0.25) is 0 Å². The Balaban J connectivity index is 1.86. The quantitative estimate of drug-likeness (QED) is 0.845. The molecular formula is C14H16IN3O. The average Bonchev–Trinajstić information content (AvgIpc) is 2.87. The fourth-order valence-electron chi connectivity index (χ4n) is 2.62. The van der Waals surface area contributed by atoms with Crippen LogP contribution < -0.4 is 5.32 Å². The Labute approximate surface area is 126 Å². The number of aromatic nitrogens is 2. The van der Waals surface area contributed by atoms with E-state index in [1.165, 1.54) is 3.57 Å². The van der Waals surface area contributed by atoms with Crippen molar-refractivity contribution in [3.05, 3.63) is 28.1 Å². The number of hydrogen-bond acceptors (Lipinski definition) is 4. The van der Waals surface area contributed by atoms with Crippen molar-refractivity contribution >= 4 is 39.3 Å². The molecular weight excluding hydrogens is 353 g/mol. The molecule has 1 fully saturated rings. The lowest BCUT2D eigenvalue weighted by Crippen LogP contribution is -2.18. The van der Waals surface area contributed by atoms with Gasteiger partial charge in [0.2, 0.25) is 0 Å². The van der Waals surface area contributed by atoms with Crippen LogP contribution in [-0.4, -0.2) is 29.2 Å². The van der Waals surface area contributed by atoms with Crippen molar-refractivity contribution in [2.75, 3.05) is 12.4 Å². The van der Waals surface area contributed by atoms with Crippen LogP contribution in [0.1, 0.15) is 19.3 Å². The van der Waals surface area contributed by atoms with Crippen LogP contribution >= 0.6 is 22.6 Å². The summed E-state index contributed by atoms with van der Waals surface area (Å²) in [5, 5.41) is 4.63. The van der Waals surface area contributed by atoms with Crippen molar-refractivity contribution in [1.29, 1.82) is 0 Å². The number of rotatable bonds is 3. The third-order valence-corrected chi connectivity index (χ3v) is 4.33. The van der Waals surface area contributed by atoms with Crippen molar-refractivity contribution in [1.82, 2.24) is 9.97 Å². The molecule has 19 heavy (non-hydrogen) atoms. The van der Waals surface area contributed by atoms with Gasteiger partial charge in [-0.2, -0.15) is 0 Å². The highest BCUT2D eigenvalue weighted by Crippen LogP contribution is 2.27. The van der Waals surface area contributed by atoms with Gasteiger partial charge in [-0.25, -0.2) is 9.97 Å². The standard InChI is InChI=1S/C14H16IN3O/c1-19-11-4-3-10(7-11)18-14-12-6-9(15)2-5-13(12)16-8-17-14/h2,5-6,8,10-11H,3-4,7H2,1H3,(H,16,17,18). The Morgan fingerprint density at radius 2 is 2.21 bits per heavy atom. The molecule has 1 aliphatic rings. The summed E-state index contributed by atoms with van der Waals surface area (Å²) in [6, 6.07) is 6.68. The first-order chi connectivity index (χ1) is 9.26. The van der Waals surface area contributed by atoms with E-state index in [4.69, 9.17) is 4.74 Å². The second-order valence-corrected chi connectivity index (χ2v) is 6.14. The molecule has 0 aliphatic heterocycles. The van der Waals surface area contributed by atoms with Crippen LogP contribution in [0, 0.1) is 3.57 Å². The summed E-state index contributed by atoms with van der Waals surface area (Å²) >= 11 is 2.32. The number of hydrogen-bond donors (Lipinski definition) is 1. The first-order valence-corrected chi connectivity index (χ1v) is 7.53. The van der Waals surface area contributed by atoms with Gasteiger partial charge in [-0.3, -0.25) is 0 Å². The zero-order valence-electron chi connectivity index (χ0n) is 10.8. The number of nitrogens with zero attached hydrogens (tertiary/aromatic N) is 2. The first-order valence-electron chi connectivity index (χ1n) is 6.46. The highest BCUT2D eigenvalue weighted by atomic mass is 127. The van der Waals surface area contributed by atoms with Crippen LogP contribution in [0.15, 0.2) is 24.5 Å². The summed E-state index contributed by atoms with van der Waals surface area (Å²) < 4.78 is 6.61. The van der Waals surface area contributed by atoms with Gasteiger partial charge in [0.25, 0.3) is 0 Å². The molecule has 1 N–H and O–H groups in total. The van der Waals surface area contributed by atoms with E-state index in [2.05, 4.69) is 50.0 Å². The lowest BCUT2D eigenvalue weighted by atomic mass is 10.2. The molecule has 0 amide bonds. The van der Waals surface area contributed by atoms with Gasteiger partial charge in [-0.15, -0.1) is 0 Å². The third kappa shape index (κ3) is 2.81. The van der Waals surface area contributed by atoms with E-state index < -0.39 is 0 Å². The molecule has 1 saturated carbocycles. The van der Waals surface area contributed by atoms with Gasteiger partial charge in [0.1, 0.15) is 12.1 Å². The van der Waals surface area contributed by atoms with Crippen molar-refractivity contribution in [2.24, 2.45) is 0 Å². The Morgan fingerprint density at radius 1 is 1.32 bits per heavy atom. The number of benzene rings is 1. The number of nitrogens with one attached hydrogen (secondary N) is 1. The van der Waals surface area contributed by atoms with E-state index in [1.807, 2.05) is 6.07 Å². The SMILES string of the molecule is COC1CCC(Nc2ncnc3ccc(I)cc23)C1. The molecule has 0 radical (unpaired) electrons. The maximum atomic E-state index is 5.41. The molecule has 1 aliphatic carbocycles. The zero-order chi connectivity index (χ0) is 13.2. The lowest BCUT2D eigenvalue weighted by molar-refractivity contribution is 0.108. The van der Waals surface area contributed by atoms with Gasteiger partial charge in [0.15, 0.2) is 0 Å². The number of anilines is 1. The van der Waals surface area contributed by atoms with E-state index in [0.29, 0.717) is 12.1 Å². The summed E-state index contributed by atoms with van der Waals surface area (Å²) in [5.41, 5.74) is 0.985. The fraction of sp³-hybridized carbons (Fsp3) is 0.429. The summed E-state index contributed by atoms with van der Waals surface area (Å²) in [4.78, 5) is 8.71. The van der Waals surface area contributed by atoms with Crippen LogP contribution in [0.3, 0.4) is 0 Å². The van der Waals surface area contributed by atoms with E-state index >= 15 is 0 Å². The molecule has 1 heterocycles. The van der Waals surface area contributed by atoms with Gasteiger partial charge >= 0.3 is 0 Å². The van der Waals surface area contributed by atoms with Crippen molar-refractivity contribution in [2.45, 2.75) is 31.4 Å². The Kier molecular flexibility index (Phi) is 3.83. The average molecular weight is 369 g/mol. The molecule has 2 atom stereocenters. The molecule has 2 unspecified atom stereocenters. The second kappa shape index (κ2) is 5.58. The topological polar surface area (TPSA) is 47.0 Å². The molecule has 0 saturated heterocycles. The molecule has 100 valence electrons. The maximum Gasteiger partial charge on any atom is 0.137 e. The summed E-state index contributed by atoms with van der Waals surface area (Å²) in [6.07, 6.45) is 5.31. The van der Waals surface area contributed by atoms with E-state index in [0.717, 1.165) is 36.0 Å². The van der Waals surface area contributed by atoms with E-state index in [1.54, 1.807) is 13.4 Å². The highest BCUT2D eigenvalue weighted by molar-refractivity contribution is 14.1. The monoisotopic (exact) mass is 369 g/mol. The number of ether oxygens (including phenoxy) is 1. The van der Waals surface area contributed by atoms with Crippen LogP contribution in [-0.2, 0) is 4.74 Å². The highest BCUT2D eigenvalue weighted by Gasteiger charge is 2.24. The fourth-order valence-corrected chi connectivity index (χ4v) is 3.11. The zero-order valence-corrected chi connectivity index (χ0v) is 12.9. The third-order valence-electron chi connectivity index (χ3n) is 3.66. The number of methoxy groups -OCH3 is 1. The molecule has 0 bridgehead atoms. The van der Waals surface area contributed by atoms with E-state index in [9.17, 15) is 0 Å². The van der Waals surface area contributed by atoms with Gasteiger partial charge in [-0.1, -0.05) is 0 Å². The number of fused-ring (bicyclic) bond motifs is 1. The van der Waals surface area contributed by atoms with Crippen molar-refractivity contribution in [3.8, 4) is 0 Å². The Bertz CT molecular complexity index is 590. The maximum absolute atomic E-state index is 5.41. The summed E-state index contributed by atoms with van der Waals surface area (Å²) in [6.45, 7) is 0. The lowest BCUT2D eigenvalue weighted by Gasteiger charge is -2.15. The second-order valence-electron chi connectivity index (χ2n) is 4.90. The predicted octanol–water partition coefficient (Wildman–Crippen LogP) is 3.21.